The molecule has 2 N–H and O–H groups in total. The maximum Gasteiger partial charge on any atom is 0.0794 e. The average molecular weight is 244 g/mol. The number of nitrogens with two attached hydrogens (primary N) is 1. The smallest absolute Gasteiger partial charge is 0.0794 e. The van der Waals surface area contributed by atoms with Crippen LogP contribution in [-0.4, -0.2) is 4.98 Å². The normalized spacial score (nSPS) is 17.7. The first kappa shape index (κ1) is 10.9. The number of thiazole rings is 1. The van der Waals surface area contributed by atoms with Gasteiger partial charge < -0.3 is 5.73 Å². The van der Waals surface area contributed by atoms with Crippen LogP contribution in [0.1, 0.15) is 47.2 Å². The number of aromatic nitrogens is 1. The molecule has 1 aromatic carbocycles. The Labute approximate surface area is 106 Å². The van der Waals surface area contributed by atoms with Crippen molar-refractivity contribution in [3.8, 4) is 0 Å². The average Bonchev–Trinajstić information content (AvgIpc) is 2.80. The third-order valence-corrected chi connectivity index (χ3v) is 4.49. The second-order valence-electron chi connectivity index (χ2n) is 4.68. The first-order valence-electron chi connectivity index (χ1n) is 6.08. The molecular weight excluding hydrogens is 228 g/mol. The Bertz CT molecular complexity index is 471. The van der Waals surface area contributed by atoms with Gasteiger partial charge in [-0.15, -0.1) is 11.3 Å². The summed E-state index contributed by atoms with van der Waals surface area (Å²) < 4.78 is 0. The van der Waals surface area contributed by atoms with Gasteiger partial charge in [0, 0.05) is 11.1 Å². The third-order valence-electron chi connectivity index (χ3n) is 3.63. The van der Waals surface area contributed by atoms with Gasteiger partial charge in [-0.05, 0) is 29.9 Å². The first-order valence-corrected chi connectivity index (χ1v) is 6.96. The number of nitrogens with zero attached hydrogens (tertiary/aromatic N) is 1. The van der Waals surface area contributed by atoms with Crippen molar-refractivity contribution in [3.05, 3.63) is 52.0 Å². The first-order chi connectivity index (χ1) is 8.34. The minimum Gasteiger partial charge on any atom is -0.320 e. The van der Waals surface area contributed by atoms with Crippen molar-refractivity contribution in [2.75, 3.05) is 0 Å². The van der Waals surface area contributed by atoms with Crippen LogP contribution in [-0.2, 0) is 0 Å². The van der Waals surface area contributed by atoms with Crippen LogP contribution in [0.2, 0.25) is 0 Å². The Hall–Kier alpha value is -1.19. The maximum absolute atomic E-state index is 6.20. The Balaban J connectivity index is 1.79. The highest BCUT2D eigenvalue weighted by Gasteiger charge is 2.19. The molecule has 2 nitrogen and oxygen atoms in total. The second-order valence-corrected chi connectivity index (χ2v) is 5.59. The van der Waals surface area contributed by atoms with E-state index in [1.165, 1.54) is 30.4 Å². The summed E-state index contributed by atoms with van der Waals surface area (Å²) in [7, 11) is 0. The molecular formula is C14H16N2S. The summed E-state index contributed by atoms with van der Waals surface area (Å²) in [6.45, 7) is 0. The van der Waals surface area contributed by atoms with Crippen molar-refractivity contribution in [1.82, 2.24) is 4.98 Å². The van der Waals surface area contributed by atoms with E-state index in [1.54, 1.807) is 11.3 Å². The number of rotatable bonds is 3. The fraction of sp³-hybridized carbons (Fsp3) is 0.357. The van der Waals surface area contributed by atoms with Gasteiger partial charge in [-0.3, -0.25) is 4.98 Å². The van der Waals surface area contributed by atoms with E-state index in [9.17, 15) is 0 Å². The monoisotopic (exact) mass is 244 g/mol. The molecule has 0 aliphatic heterocycles. The van der Waals surface area contributed by atoms with Gasteiger partial charge in [0.1, 0.15) is 0 Å². The molecule has 1 saturated carbocycles. The van der Waals surface area contributed by atoms with Crippen LogP contribution in [0.3, 0.4) is 0 Å². The molecule has 88 valence electrons. The summed E-state index contributed by atoms with van der Waals surface area (Å²) in [5.74, 6) is 0.795. The summed E-state index contributed by atoms with van der Waals surface area (Å²) in [5.41, 5.74) is 10.7. The van der Waals surface area contributed by atoms with E-state index >= 15 is 0 Å². The van der Waals surface area contributed by atoms with Crippen LogP contribution in [0.4, 0.5) is 0 Å². The van der Waals surface area contributed by atoms with Crippen LogP contribution in [0, 0.1) is 0 Å². The van der Waals surface area contributed by atoms with E-state index in [4.69, 9.17) is 5.73 Å². The lowest BCUT2D eigenvalue weighted by Gasteiger charge is -2.26. The molecule has 1 fully saturated rings. The van der Waals surface area contributed by atoms with Crippen LogP contribution in [0.5, 0.6) is 0 Å². The lowest BCUT2D eigenvalue weighted by molar-refractivity contribution is 0.419. The molecule has 1 unspecified atom stereocenters. The lowest BCUT2D eigenvalue weighted by atomic mass is 9.80. The number of hydrogen-bond donors (Lipinski definition) is 1. The molecule has 17 heavy (non-hydrogen) atoms. The van der Waals surface area contributed by atoms with Crippen molar-refractivity contribution in [1.29, 1.82) is 0 Å². The van der Waals surface area contributed by atoms with Gasteiger partial charge in [0.05, 0.1) is 11.6 Å². The van der Waals surface area contributed by atoms with Gasteiger partial charge >= 0.3 is 0 Å². The molecule has 3 heteroatoms. The summed E-state index contributed by atoms with van der Waals surface area (Å²) in [5, 5.41) is 0. The Morgan fingerprint density at radius 1 is 1.24 bits per heavy atom. The Kier molecular flexibility index (Phi) is 2.95. The highest BCUT2D eigenvalue weighted by molar-refractivity contribution is 7.09. The number of benzene rings is 1. The van der Waals surface area contributed by atoms with E-state index in [0.717, 1.165) is 10.8 Å². The summed E-state index contributed by atoms with van der Waals surface area (Å²) >= 11 is 1.62. The molecule has 0 amide bonds. The lowest BCUT2D eigenvalue weighted by Crippen LogP contribution is -2.12. The van der Waals surface area contributed by atoms with Crippen molar-refractivity contribution in [2.24, 2.45) is 5.73 Å². The second kappa shape index (κ2) is 4.59. The molecule has 1 atom stereocenters. The standard InChI is InChI=1S/C14H16N2S/c15-14(13-8-16-9-17-13)12-6-4-11(5-7-12)10-2-1-3-10/h4-10,14H,1-3,15H2. The fourth-order valence-corrected chi connectivity index (χ4v) is 2.91. The summed E-state index contributed by atoms with van der Waals surface area (Å²) in [6.07, 6.45) is 5.93. The third kappa shape index (κ3) is 2.13. The van der Waals surface area contributed by atoms with Crippen LogP contribution < -0.4 is 5.73 Å². The molecule has 1 aliphatic carbocycles. The fourth-order valence-electron chi connectivity index (χ4n) is 2.26. The van der Waals surface area contributed by atoms with E-state index in [-0.39, 0.29) is 6.04 Å². The molecule has 0 radical (unpaired) electrons. The minimum absolute atomic E-state index is 0.0297. The van der Waals surface area contributed by atoms with Crippen molar-refractivity contribution in [3.63, 3.8) is 0 Å². The Morgan fingerprint density at radius 2 is 2.00 bits per heavy atom. The van der Waals surface area contributed by atoms with Crippen LogP contribution in [0.15, 0.2) is 36.0 Å². The Morgan fingerprint density at radius 3 is 2.53 bits per heavy atom. The SMILES string of the molecule is NC(c1ccc(C2CCC2)cc1)c1cncs1. The zero-order valence-corrected chi connectivity index (χ0v) is 10.5. The molecule has 3 rings (SSSR count). The molecule has 1 heterocycles. The van der Waals surface area contributed by atoms with Crippen LogP contribution in [0.25, 0.3) is 0 Å². The molecule has 0 bridgehead atoms. The van der Waals surface area contributed by atoms with E-state index in [0.29, 0.717) is 0 Å². The topological polar surface area (TPSA) is 38.9 Å². The van der Waals surface area contributed by atoms with Gasteiger partial charge in [-0.2, -0.15) is 0 Å². The van der Waals surface area contributed by atoms with E-state index in [2.05, 4.69) is 29.2 Å². The van der Waals surface area contributed by atoms with E-state index < -0.39 is 0 Å². The summed E-state index contributed by atoms with van der Waals surface area (Å²) in [4.78, 5) is 5.20. The van der Waals surface area contributed by atoms with Crippen molar-refractivity contribution >= 4 is 11.3 Å². The zero-order valence-electron chi connectivity index (χ0n) is 9.67. The predicted octanol–water partition coefficient (Wildman–Crippen LogP) is 3.46. The molecule has 1 aliphatic rings. The number of hydrogen-bond acceptors (Lipinski definition) is 3. The van der Waals surface area contributed by atoms with Crippen molar-refractivity contribution < 1.29 is 0 Å². The highest BCUT2D eigenvalue weighted by atomic mass is 32.1. The predicted molar refractivity (Wildman–Crippen MR) is 71.2 cm³/mol. The maximum atomic E-state index is 6.20. The zero-order chi connectivity index (χ0) is 11.7. The van der Waals surface area contributed by atoms with Crippen LogP contribution >= 0.6 is 11.3 Å². The molecule has 0 spiro atoms. The van der Waals surface area contributed by atoms with Gasteiger partial charge in [-0.25, -0.2) is 0 Å². The van der Waals surface area contributed by atoms with Crippen molar-refractivity contribution in [2.45, 2.75) is 31.2 Å². The van der Waals surface area contributed by atoms with E-state index in [1.807, 2.05) is 11.7 Å². The highest BCUT2D eigenvalue weighted by Crippen LogP contribution is 2.36. The van der Waals surface area contributed by atoms with Gasteiger partial charge in [-0.1, -0.05) is 30.7 Å². The quantitative estimate of drug-likeness (QED) is 0.898. The molecule has 1 aromatic heterocycles. The largest absolute Gasteiger partial charge is 0.320 e. The van der Waals surface area contributed by atoms with Gasteiger partial charge in [0.15, 0.2) is 0 Å². The molecule has 2 aromatic rings. The van der Waals surface area contributed by atoms with Gasteiger partial charge in [0.2, 0.25) is 0 Å². The minimum atomic E-state index is -0.0297. The van der Waals surface area contributed by atoms with Gasteiger partial charge in [0.25, 0.3) is 0 Å². The summed E-state index contributed by atoms with van der Waals surface area (Å²) in [6, 6.07) is 8.77. The molecule has 0 saturated heterocycles.